The van der Waals surface area contributed by atoms with E-state index in [9.17, 15) is 0 Å². The summed E-state index contributed by atoms with van der Waals surface area (Å²) in [5.74, 6) is 2.13. The van der Waals surface area contributed by atoms with E-state index in [4.69, 9.17) is 4.42 Å². The van der Waals surface area contributed by atoms with Gasteiger partial charge in [-0.15, -0.1) is 0 Å². The molecular weight excluding hydrogens is 482 g/mol. The minimum atomic E-state index is 0.495. The van der Waals surface area contributed by atoms with Crippen molar-refractivity contribution in [3.05, 3.63) is 96.8 Å². The molecule has 1 N–H and O–H groups in total. The number of nitrogens with zero attached hydrogens (tertiary/aromatic N) is 4. The third kappa shape index (κ3) is 5.52. The van der Waals surface area contributed by atoms with Crippen LogP contribution in [0.3, 0.4) is 0 Å². The molecule has 39 heavy (non-hydrogen) atoms. The quantitative estimate of drug-likeness (QED) is 0.240. The number of fused-ring (bicyclic) bond motifs is 1. The Morgan fingerprint density at radius 2 is 1.49 bits per heavy atom. The summed E-state index contributed by atoms with van der Waals surface area (Å²) in [7, 11) is 0. The van der Waals surface area contributed by atoms with E-state index >= 15 is 0 Å². The first-order valence-electron chi connectivity index (χ1n) is 13.8. The molecule has 1 aliphatic heterocycles. The normalized spacial score (nSPS) is 14.3. The van der Waals surface area contributed by atoms with Crippen LogP contribution in [-0.2, 0) is 6.54 Å². The molecule has 0 amide bonds. The molecule has 0 saturated carbocycles. The first-order chi connectivity index (χ1) is 19.2. The molecule has 3 heterocycles. The summed E-state index contributed by atoms with van der Waals surface area (Å²) >= 11 is 0. The second-order valence-corrected chi connectivity index (χ2v) is 10.6. The van der Waals surface area contributed by atoms with Gasteiger partial charge in [-0.1, -0.05) is 74.5 Å². The predicted octanol–water partition coefficient (Wildman–Crippen LogP) is 6.95. The molecule has 198 valence electrons. The Labute approximate surface area is 230 Å². The summed E-state index contributed by atoms with van der Waals surface area (Å²) in [6, 6.07) is 29.9. The zero-order valence-electron chi connectivity index (χ0n) is 22.7. The molecule has 6 rings (SSSR count). The summed E-state index contributed by atoms with van der Waals surface area (Å²) in [4.78, 5) is 14.1. The van der Waals surface area contributed by atoms with Gasteiger partial charge in [0.25, 0.3) is 0 Å². The third-order valence-corrected chi connectivity index (χ3v) is 7.34. The van der Waals surface area contributed by atoms with E-state index in [1.165, 1.54) is 11.3 Å². The van der Waals surface area contributed by atoms with Gasteiger partial charge in [-0.05, 0) is 41.3 Å². The van der Waals surface area contributed by atoms with E-state index in [2.05, 4.69) is 118 Å². The molecule has 0 unspecified atom stereocenters. The van der Waals surface area contributed by atoms with E-state index < -0.39 is 0 Å². The molecule has 0 spiro atoms. The van der Waals surface area contributed by atoms with Crippen LogP contribution in [0.2, 0.25) is 0 Å². The van der Waals surface area contributed by atoms with Crippen molar-refractivity contribution in [2.45, 2.75) is 20.4 Å². The molecule has 1 saturated heterocycles. The monoisotopic (exact) mass is 517 g/mol. The first-order valence-corrected chi connectivity index (χ1v) is 13.8. The highest BCUT2D eigenvalue weighted by Crippen LogP contribution is 2.42. The number of rotatable bonds is 8. The van der Waals surface area contributed by atoms with Gasteiger partial charge in [0.05, 0.1) is 5.39 Å². The minimum Gasteiger partial charge on any atom is -0.437 e. The van der Waals surface area contributed by atoms with Crippen LogP contribution in [0.5, 0.6) is 0 Å². The van der Waals surface area contributed by atoms with Crippen molar-refractivity contribution >= 4 is 22.6 Å². The highest BCUT2D eigenvalue weighted by atomic mass is 16.3. The predicted molar refractivity (Wildman–Crippen MR) is 160 cm³/mol. The molecule has 1 fully saturated rings. The highest BCUT2D eigenvalue weighted by molar-refractivity contribution is 6.05. The molecule has 6 heteroatoms. The molecule has 5 aromatic rings. The number of hydrogen-bond acceptors (Lipinski definition) is 6. The van der Waals surface area contributed by atoms with Crippen molar-refractivity contribution < 1.29 is 4.42 Å². The fraction of sp³-hybridized carbons (Fsp3) is 0.273. The van der Waals surface area contributed by atoms with Gasteiger partial charge in [-0.2, -0.15) is 0 Å². The van der Waals surface area contributed by atoms with Gasteiger partial charge >= 0.3 is 0 Å². The molecule has 0 atom stereocenters. The van der Waals surface area contributed by atoms with Crippen molar-refractivity contribution in [3.8, 4) is 22.5 Å². The summed E-state index contributed by atoms with van der Waals surface area (Å²) < 4.78 is 6.43. The molecule has 2 aromatic heterocycles. The maximum Gasteiger partial charge on any atom is 0.232 e. The van der Waals surface area contributed by atoms with Crippen molar-refractivity contribution in [2.75, 3.05) is 42.9 Å². The Morgan fingerprint density at radius 3 is 2.18 bits per heavy atom. The second kappa shape index (κ2) is 11.3. The van der Waals surface area contributed by atoms with Crippen LogP contribution < -0.4 is 10.2 Å². The van der Waals surface area contributed by atoms with Gasteiger partial charge in [0.2, 0.25) is 5.71 Å². The summed E-state index contributed by atoms with van der Waals surface area (Å²) in [6.07, 6.45) is 1.58. The lowest BCUT2D eigenvalue weighted by Gasteiger charge is -2.36. The van der Waals surface area contributed by atoms with Gasteiger partial charge in [0, 0.05) is 56.1 Å². The Kier molecular flexibility index (Phi) is 7.28. The van der Waals surface area contributed by atoms with Crippen LogP contribution in [0.15, 0.2) is 95.7 Å². The van der Waals surface area contributed by atoms with E-state index in [0.29, 0.717) is 11.6 Å². The number of nitrogens with one attached hydrogen (secondary N) is 1. The molecular formula is C33H35N5O. The van der Waals surface area contributed by atoms with E-state index in [1.807, 2.05) is 6.07 Å². The standard InChI is InChI=1S/C33H35N5O/c1-24(2)21-34-32-30-29(26-11-7-4-8-12-26)31(39-33(30)36-23-35-32)27-13-15-28(16-14-27)38-19-17-37(18-20-38)22-25-9-5-3-6-10-25/h3-16,23-24H,17-22H2,1-2H3,(H,34,35,36). The van der Waals surface area contributed by atoms with Gasteiger partial charge in [-0.25, -0.2) is 9.97 Å². The Hall–Kier alpha value is -4.16. The number of furan rings is 1. The SMILES string of the molecule is CC(C)CNc1ncnc2oc(-c3ccc(N4CCN(Cc5ccccc5)CC4)cc3)c(-c3ccccc3)c12. The topological polar surface area (TPSA) is 57.4 Å². The Balaban J connectivity index is 1.26. The Morgan fingerprint density at radius 1 is 0.795 bits per heavy atom. The number of piperazine rings is 1. The molecule has 0 bridgehead atoms. The number of hydrogen-bond donors (Lipinski definition) is 1. The lowest BCUT2D eigenvalue weighted by Crippen LogP contribution is -2.45. The smallest absolute Gasteiger partial charge is 0.232 e. The maximum absolute atomic E-state index is 6.43. The number of anilines is 2. The lowest BCUT2D eigenvalue weighted by atomic mass is 9.99. The summed E-state index contributed by atoms with van der Waals surface area (Å²) in [6.45, 7) is 10.4. The van der Waals surface area contributed by atoms with Crippen LogP contribution in [0.25, 0.3) is 33.6 Å². The molecule has 6 nitrogen and oxygen atoms in total. The van der Waals surface area contributed by atoms with E-state index in [1.54, 1.807) is 6.33 Å². The van der Waals surface area contributed by atoms with Crippen LogP contribution in [0, 0.1) is 5.92 Å². The average molecular weight is 518 g/mol. The van der Waals surface area contributed by atoms with Crippen LogP contribution in [-0.4, -0.2) is 47.6 Å². The maximum atomic E-state index is 6.43. The second-order valence-electron chi connectivity index (χ2n) is 10.6. The molecule has 0 aliphatic carbocycles. The fourth-order valence-electron chi connectivity index (χ4n) is 5.28. The number of aromatic nitrogens is 2. The Bertz CT molecular complexity index is 1510. The zero-order valence-corrected chi connectivity index (χ0v) is 22.7. The van der Waals surface area contributed by atoms with Crippen molar-refractivity contribution in [3.63, 3.8) is 0 Å². The largest absolute Gasteiger partial charge is 0.437 e. The first kappa shape index (κ1) is 25.1. The lowest BCUT2D eigenvalue weighted by molar-refractivity contribution is 0.250. The number of benzene rings is 3. The van der Waals surface area contributed by atoms with Gasteiger partial charge in [0.1, 0.15) is 17.9 Å². The van der Waals surface area contributed by atoms with E-state index in [-0.39, 0.29) is 0 Å². The van der Waals surface area contributed by atoms with Crippen LogP contribution in [0.1, 0.15) is 19.4 Å². The van der Waals surface area contributed by atoms with E-state index in [0.717, 1.165) is 72.9 Å². The highest BCUT2D eigenvalue weighted by Gasteiger charge is 2.23. The van der Waals surface area contributed by atoms with Crippen LogP contribution in [0.4, 0.5) is 11.5 Å². The summed E-state index contributed by atoms with van der Waals surface area (Å²) in [5, 5.41) is 4.44. The van der Waals surface area contributed by atoms with Crippen molar-refractivity contribution in [1.29, 1.82) is 0 Å². The molecule has 0 radical (unpaired) electrons. The van der Waals surface area contributed by atoms with Crippen LogP contribution >= 0.6 is 0 Å². The fourth-order valence-corrected chi connectivity index (χ4v) is 5.28. The minimum absolute atomic E-state index is 0.495. The molecule has 3 aromatic carbocycles. The zero-order chi connectivity index (χ0) is 26.6. The van der Waals surface area contributed by atoms with Crippen molar-refractivity contribution in [2.24, 2.45) is 5.92 Å². The van der Waals surface area contributed by atoms with Gasteiger partial charge in [0.15, 0.2) is 0 Å². The van der Waals surface area contributed by atoms with Gasteiger partial charge in [-0.3, -0.25) is 4.90 Å². The summed E-state index contributed by atoms with van der Waals surface area (Å²) in [5.41, 5.74) is 6.38. The third-order valence-electron chi connectivity index (χ3n) is 7.34. The van der Waals surface area contributed by atoms with Crippen molar-refractivity contribution in [1.82, 2.24) is 14.9 Å². The average Bonchev–Trinajstić information content (AvgIpc) is 3.38. The van der Waals surface area contributed by atoms with Gasteiger partial charge < -0.3 is 14.6 Å². The molecule has 1 aliphatic rings.